The molecule has 0 bridgehead atoms. The molecule has 1 saturated heterocycles. The van der Waals surface area contributed by atoms with Crippen molar-refractivity contribution in [3.8, 4) is 5.75 Å². The number of ether oxygens (including phenoxy) is 1. The lowest BCUT2D eigenvalue weighted by atomic mass is 9.89. The van der Waals surface area contributed by atoms with Gasteiger partial charge in [0.05, 0.1) is 7.11 Å². The van der Waals surface area contributed by atoms with Crippen LogP contribution in [0.25, 0.3) is 0 Å². The maximum Gasteiger partial charge on any atom is 0.322 e. The molecule has 2 unspecified atom stereocenters. The van der Waals surface area contributed by atoms with Gasteiger partial charge in [0, 0.05) is 30.9 Å². The van der Waals surface area contributed by atoms with E-state index in [2.05, 4.69) is 12.2 Å². The van der Waals surface area contributed by atoms with Crippen LogP contribution in [0.4, 0.5) is 10.5 Å². The molecular weight excluding hydrogens is 266 g/mol. The molecule has 0 aliphatic carbocycles. The highest BCUT2D eigenvalue weighted by Gasteiger charge is 2.30. The van der Waals surface area contributed by atoms with Gasteiger partial charge in [-0.2, -0.15) is 0 Å². The number of carbonyl (C=O) groups excluding carboxylic acids is 1. The number of amides is 2. The number of rotatable bonds is 4. The summed E-state index contributed by atoms with van der Waals surface area (Å²) in [5, 5.41) is 2.93. The van der Waals surface area contributed by atoms with E-state index in [-0.39, 0.29) is 12.1 Å². The molecule has 5 heteroatoms. The molecule has 1 heterocycles. The van der Waals surface area contributed by atoms with Gasteiger partial charge in [-0.15, -0.1) is 0 Å². The van der Waals surface area contributed by atoms with Crippen molar-refractivity contribution in [3.05, 3.63) is 24.3 Å². The maximum atomic E-state index is 12.4. The average molecular weight is 291 g/mol. The summed E-state index contributed by atoms with van der Waals surface area (Å²) in [7, 11) is 1.61. The van der Waals surface area contributed by atoms with E-state index in [0.717, 1.165) is 37.2 Å². The van der Waals surface area contributed by atoms with Crippen LogP contribution in [-0.2, 0) is 0 Å². The lowest BCUT2D eigenvalue weighted by molar-refractivity contribution is 0.138. The number of carbonyl (C=O) groups is 1. The Morgan fingerprint density at radius 2 is 2.33 bits per heavy atom. The van der Waals surface area contributed by atoms with Crippen molar-refractivity contribution in [2.75, 3.05) is 25.5 Å². The summed E-state index contributed by atoms with van der Waals surface area (Å²) in [6, 6.07) is 7.44. The van der Waals surface area contributed by atoms with Gasteiger partial charge in [-0.3, -0.25) is 0 Å². The van der Waals surface area contributed by atoms with Crippen molar-refractivity contribution in [1.82, 2.24) is 4.90 Å². The van der Waals surface area contributed by atoms with Crippen molar-refractivity contribution >= 4 is 11.7 Å². The maximum absolute atomic E-state index is 12.4. The Morgan fingerprint density at radius 3 is 3.00 bits per heavy atom. The van der Waals surface area contributed by atoms with Crippen LogP contribution in [0.1, 0.15) is 26.2 Å². The summed E-state index contributed by atoms with van der Waals surface area (Å²) in [5.41, 5.74) is 6.59. The van der Waals surface area contributed by atoms with Crippen LogP contribution in [0, 0.1) is 5.92 Å². The standard InChI is InChI=1S/C16H25N3O2/c1-3-12-7-8-19(14(9-12)11-17)16(20)18-13-5-4-6-15(10-13)21-2/h4-6,10,12,14H,3,7-9,11,17H2,1-2H3,(H,18,20). The minimum atomic E-state index is -0.0757. The summed E-state index contributed by atoms with van der Waals surface area (Å²) >= 11 is 0. The van der Waals surface area contributed by atoms with Crippen LogP contribution in [0.3, 0.4) is 0 Å². The molecular formula is C16H25N3O2. The second kappa shape index (κ2) is 7.31. The van der Waals surface area contributed by atoms with Gasteiger partial charge >= 0.3 is 6.03 Å². The Bertz CT molecular complexity index is 478. The highest BCUT2D eigenvalue weighted by Crippen LogP contribution is 2.26. The highest BCUT2D eigenvalue weighted by molar-refractivity contribution is 5.89. The minimum Gasteiger partial charge on any atom is -0.497 e. The zero-order valence-electron chi connectivity index (χ0n) is 12.8. The molecule has 0 aromatic heterocycles. The number of nitrogens with zero attached hydrogens (tertiary/aromatic N) is 1. The van der Waals surface area contributed by atoms with Crippen molar-refractivity contribution in [1.29, 1.82) is 0 Å². The fourth-order valence-electron chi connectivity index (χ4n) is 2.89. The van der Waals surface area contributed by atoms with Crippen molar-refractivity contribution in [2.45, 2.75) is 32.2 Å². The fraction of sp³-hybridized carbons (Fsp3) is 0.562. The van der Waals surface area contributed by atoms with Crippen LogP contribution in [0.2, 0.25) is 0 Å². The molecule has 0 spiro atoms. The van der Waals surface area contributed by atoms with Crippen LogP contribution < -0.4 is 15.8 Å². The van der Waals surface area contributed by atoms with Gasteiger partial charge < -0.3 is 20.7 Å². The summed E-state index contributed by atoms with van der Waals surface area (Å²) < 4.78 is 5.17. The number of anilines is 1. The zero-order chi connectivity index (χ0) is 15.2. The van der Waals surface area contributed by atoms with Gasteiger partial charge in [-0.1, -0.05) is 19.4 Å². The molecule has 3 N–H and O–H groups in total. The van der Waals surface area contributed by atoms with Crippen molar-refractivity contribution in [3.63, 3.8) is 0 Å². The van der Waals surface area contributed by atoms with Gasteiger partial charge in [0.1, 0.15) is 5.75 Å². The molecule has 2 atom stereocenters. The van der Waals surface area contributed by atoms with Gasteiger partial charge in [-0.25, -0.2) is 4.79 Å². The van der Waals surface area contributed by atoms with E-state index in [1.807, 2.05) is 29.2 Å². The molecule has 116 valence electrons. The second-order valence-corrected chi connectivity index (χ2v) is 5.54. The number of nitrogens with two attached hydrogens (primary N) is 1. The van der Waals surface area contributed by atoms with Crippen LogP contribution in [-0.4, -0.2) is 37.2 Å². The summed E-state index contributed by atoms with van der Waals surface area (Å²) in [4.78, 5) is 14.3. The van der Waals surface area contributed by atoms with Crippen LogP contribution in [0.5, 0.6) is 5.75 Å². The molecule has 0 radical (unpaired) electrons. The number of hydrogen-bond acceptors (Lipinski definition) is 3. The van der Waals surface area contributed by atoms with E-state index in [4.69, 9.17) is 10.5 Å². The lowest BCUT2D eigenvalue weighted by Crippen LogP contribution is -2.51. The number of hydrogen-bond donors (Lipinski definition) is 2. The molecule has 1 aromatic carbocycles. The third-order valence-corrected chi connectivity index (χ3v) is 4.26. The molecule has 2 amide bonds. The number of urea groups is 1. The monoisotopic (exact) mass is 291 g/mol. The van der Waals surface area contributed by atoms with Crippen LogP contribution in [0.15, 0.2) is 24.3 Å². The zero-order valence-corrected chi connectivity index (χ0v) is 12.8. The van der Waals surface area contributed by atoms with Crippen molar-refractivity contribution in [2.24, 2.45) is 11.7 Å². The van der Waals surface area contributed by atoms with E-state index < -0.39 is 0 Å². The Balaban J connectivity index is 2.01. The van der Waals surface area contributed by atoms with E-state index in [1.165, 1.54) is 0 Å². The Labute approximate surface area is 126 Å². The SMILES string of the molecule is CCC1CCN(C(=O)Nc2cccc(OC)c2)C(CN)C1. The second-order valence-electron chi connectivity index (χ2n) is 5.54. The smallest absolute Gasteiger partial charge is 0.322 e. The molecule has 5 nitrogen and oxygen atoms in total. The van der Waals surface area contributed by atoms with E-state index in [0.29, 0.717) is 12.5 Å². The molecule has 1 aromatic rings. The van der Waals surface area contributed by atoms with E-state index in [1.54, 1.807) is 7.11 Å². The summed E-state index contributed by atoms with van der Waals surface area (Å²) in [6.45, 7) is 3.49. The Hall–Kier alpha value is -1.75. The summed E-state index contributed by atoms with van der Waals surface area (Å²) in [5.74, 6) is 1.41. The number of nitrogens with one attached hydrogen (secondary N) is 1. The Kier molecular flexibility index (Phi) is 5.44. The number of piperidine rings is 1. The molecule has 1 fully saturated rings. The normalized spacial score (nSPS) is 22.0. The van der Waals surface area contributed by atoms with Gasteiger partial charge in [0.2, 0.25) is 0 Å². The average Bonchev–Trinajstić information content (AvgIpc) is 2.54. The topological polar surface area (TPSA) is 67.6 Å². The van der Waals surface area contributed by atoms with E-state index >= 15 is 0 Å². The highest BCUT2D eigenvalue weighted by atomic mass is 16.5. The molecule has 1 aliphatic rings. The first-order valence-electron chi connectivity index (χ1n) is 7.59. The quantitative estimate of drug-likeness (QED) is 0.896. The molecule has 0 saturated carbocycles. The first kappa shape index (κ1) is 15.6. The number of methoxy groups -OCH3 is 1. The molecule has 21 heavy (non-hydrogen) atoms. The van der Waals surface area contributed by atoms with Gasteiger partial charge in [-0.05, 0) is 30.9 Å². The van der Waals surface area contributed by atoms with Gasteiger partial charge in [0.25, 0.3) is 0 Å². The fourth-order valence-corrected chi connectivity index (χ4v) is 2.89. The molecule has 2 rings (SSSR count). The third kappa shape index (κ3) is 3.88. The van der Waals surface area contributed by atoms with Crippen molar-refractivity contribution < 1.29 is 9.53 Å². The molecule has 1 aliphatic heterocycles. The predicted molar refractivity (Wildman–Crippen MR) is 84.6 cm³/mol. The summed E-state index contributed by atoms with van der Waals surface area (Å²) in [6.07, 6.45) is 3.21. The first-order chi connectivity index (χ1) is 10.2. The lowest BCUT2D eigenvalue weighted by Gasteiger charge is -2.38. The van der Waals surface area contributed by atoms with Crippen LogP contribution >= 0.6 is 0 Å². The third-order valence-electron chi connectivity index (χ3n) is 4.26. The number of likely N-dealkylation sites (tertiary alicyclic amines) is 1. The van der Waals surface area contributed by atoms with E-state index in [9.17, 15) is 4.79 Å². The Morgan fingerprint density at radius 1 is 1.52 bits per heavy atom. The number of benzene rings is 1. The first-order valence-corrected chi connectivity index (χ1v) is 7.59. The largest absolute Gasteiger partial charge is 0.497 e. The minimum absolute atomic E-state index is 0.0757. The predicted octanol–water partition coefficient (Wildman–Crippen LogP) is 2.68. The van der Waals surface area contributed by atoms with Gasteiger partial charge in [0.15, 0.2) is 0 Å².